The first-order valence-corrected chi connectivity index (χ1v) is 10.1. The number of amides is 3. The van der Waals surface area contributed by atoms with Gasteiger partial charge in [-0.25, -0.2) is 4.79 Å². The Morgan fingerprint density at radius 1 is 1.15 bits per heavy atom. The van der Waals surface area contributed by atoms with Crippen LogP contribution in [0.4, 0.5) is 4.79 Å². The van der Waals surface area contributed by atoms with E-state index in [1.54, 1.807) is 6.07 Å². The van der Waals surface area contributed by atoms with Gasteiger partial charge in [0.15, 0.2) is 11.9 Å². The number of esters is 1. The molecule has 8 heteroatoms. The molecule has 0 saturated heterocycles. The van der Waals surface area contributed by atoms with Gasteiger partial charge in [0.1, 0.15) is 0 Å². The summed E-state index contributed by atoms with van der Waals surface area (Å²) < 4.78 is 5.01. The van der Waals surface area contributed by atoms with E-state index in [2.05, 4.69) is 10.6 Å². The molecule has 0 spiro atoms. The van der Waals surface area contributed by atoms with Gasteiger partial charge in [-0.05, 0) is 38.8 Å². The van der Waals surface area contributed by atoms with Gasteiger partial charge in [0.2, 0.25) is 0 Å². The lowest BCUT2D eigenvalue weighted by Crippen LogP contribution is -2.48. The maximum atomic E-state index is 12.0. The molecule has 2 N–H and O–H groups in total. The number of ketones is 1. The average molecular weight is 394 g/mol. The number of Topliss-reactive ketones (excluding diaryl/α,β-unsaturated/α-hetero) is 1. The van der Waals surface area contributed by atoms with Crippen LogP contribution in [-0.4, -0.2) is 35.8 Å². The van der Waals surface area contributed by atoms with Crippen molar-refractivity contribution in [3.8, 4) is 0 Å². The second kappa shape index (κ2) is 10.2. The Hall–Kier alpha value is -2.22. The highest BCUT2D eigenvalue weighted by Crippen LogP contribution is 2.18. The number of thiophene rings is 1. The molecule has 0 unspecified atom stereocenters. The fourth-order valence-electron chi connectivity index (χ4n) is 2.91. The number of carbonyl (C=O) groups excluding carboxylic acids is 4. The summed E-state index contributed by atoms with van der Waals surface area (Å²) in [7, 11) is 0. The van der Waals surface area contributed by atoms with Gasteiger partial charge in [0.25, 0.3) is 5.91 Å². The molecule has 1 saturated carbocycles. The van der Waals surface area contributed by atoms with Crippen molar-refractivity contribution in [3.05, 3.63) is 21.9 Å². The molecule has 2 rings (SSSR count). The Bertz CT molecular complexity index is 694. The van der Waals surface area contributed by atoms with Crippen LogP contribution >= 0.6 is 11.3 Å². The van der Waals surface area contributed by atoms with Crippen molar-refractivity contribution >= 4 is 35.0 Å². The molecule has 1 aliphatic carbocycles. The summed E-state index contributed by atoms with van der Waals surface area (Å²) in [4.78, 5) is 49.3. The second-order valence-corrected chi connectivity index (χ2v) is 8.05. The topological polar surface area (TPSA) is 102 Å². The molecular formula is C19H26N2O5S. The predicted molar refractivity (Wildman–Crippen MR) is 102 cm³/mol. The standard InChI is InChI=1S/C19H26N2O5S/c1-12-8-10-16(27-12)15(22)9-11-17(23)26-13(2)18(24)21-19(25)20-14-6-4-3-5-7-14/h8,10,13-14H,3-7,9,11H2,1-2H3,(H2,20,21,24,25)/t13-/m1/s1. The molecule has 1 aromatic heterocycles. The summed E-state index contributed by atoms with van der Waals surface area (Å²) in [5, 5.41) is 4.96. The molecule has 1 heterocycles. The van der Waals surface area contributed by atoms with E-state index in [9.17, 15) is 19.2 Å². The zero-order valence-corrected chi connectivity index (χ0v) is 16.5. The fourth-order valence-corrected chi connectivity index (χ4v) is 3.75. The van der Waals surface area contributed by atoms with Crippen LogP contribution in [0.2, 0.25) is 0 Å². The number of aryl methyl sites for hydroxylation is 1. The Morgan fingerprint density at radius 3 is 2.48 bits per heavy atom. The first-order valence-electron chi connectivity index (χ1n) is 9.25. The molecule has 1 fully saturated rings. The third kappa shape index (κ3) is 7.13. The zero-order chi connectivity index (χ0) is 19.8. The minimum absolute atomic E-state index is 0.0231. The Morgan fingerprint density at radius 2 is 1.85 bits per heavy atom. The van der Waals surface area contributed by atoms with E-state index in [0.717, 1.165) is 30.6 Å². The van der Waals surface area contributed by atoms with Crippen molar-refractivity contribution in [1.82, 2.24) is 10.6 Å². The van der Waals surface area contributed by atoms with E-state index < -0.39 is 24.0 Å². The minimum atomic E-state index is -1.10. The number of hydrogen-bond acceptors (Lipinski definition) is 6. The Labute approximate surface area is 162 Å². The Kier molecular flexibility index (Phi) is 7.97. The highest BCUT2D eigenvalue weighted by Gasteiger charge is 2.22. The van der Waals surface area contributed by atoms with Crippen LogP contribution in [0.25, 0.3) is 0 Å². The number of ether oxygens (including phenoxy) is 1. The molecule has 1 aromatic rings. The van der Waals surface area contributed by atoms with E-state index in [1.807, 2.05) is 13.0 Å². The zero-order valence-electron chi connectivity index (χ0n) is 15.7. The van der Waals surface area contributed by atoms with Gasteiger partial charge in [-0.1, -0.05) is 19.3 Å². The van der Waals surface area contributed by atoms with Crippen molar-refractivity contribution in [3.63, 3.8) is 0 Å². The molecular weight excluding hydrogens is 368 g/mol. The predicted octanol–water partition coefficient (Wildman–Crippen LogP) is 3.11. The summed E-state index contributed by atoms with van der Waals surface area (Å²) in [5.41, 5.74) is 0. The number of urea groups is 1. The lowest BCUT2D eigenvalue weighted by atomic mass is 9.96. The first kappa shape index (κ1) is 21.1. The van der Waals surface area contributed by atoms with E-state index in [4.69, 9.17) is 4.74 Å². The Balaban J connectivity index is 1.68. The molecule has 1 aliphatic rings. The van der Waals surface area contributed by atoms with Gasteiger partial charge in [-0.2, -0.15) is 0 Å². The largest absolute Gasteiger partial charge is 0.453 e. The summed E-state index contributed by atoms with van der Waals surface area (Å²) in [6.45, 7) is 3.30. The minimum Gasteiger partial charge on any atom is -0.453 e. The van der Waals surface area contributed by atoms with Gasteiger partial charge < -0.3 is 10.1 Å². The van der Waals surface area contributed by atoms with Crippen molar-refractivity contribution < 1.29 is 23.9 Å². The maximum Gasteiger partial charge on any atom is 0.321 e. The third-order valence-corrected chi connectivity index (χ3v) is 5.47. The molecule has 1 atom stereocenters. The van der Waals surface area contributed by atoms with Crippen molar-refractivity contribution in [2.75, 3.05) is 0 Å². The van der Waals surface area contributed by atoms with E-state index in [-0.39, 0.29) is 24.7 Å². The average Bonchev–Trinajstić information content (AvgIpc) is 3.06. The molecule has 0 radical (unpaired) electrons. The fraction of sp³-hybridized carbons (Fsp3) is 0.579. The summed E-state index contributed by atoms with van der Waals surface area (Å²) in [6.07, 6.45) is 3.92. The van der Waals surface area contributed by atoms with Gasteiger partial charge >= 0.3 is 12.0 Å². The smallest absolute Gasteiger partial charge is 0.321 e. The number of nitrogens with one attached hydrogen (secondary N) is 2. The highest BCUT2D eigenvalue weighted by atomic mass is 32.1. The molecule has 3 amide bonds. The van der Waals surface area contributed by atoms with Crippen LogP contribution in [-0.2, 0) is 14.3 Å². The SMILES string of the molecule is Cc1ccc(C(=O)CCC(=O)O[C@H](C)C(=O)NC(=O)NC2CCCCC2)s1. The lowest BCUT2D eigenvalue weighted by Gasteiger charge is -2.23. The summed E-state index contributed by atoms with van der Waals surface area (Å²) >= 11 is 1.38. The van der Waals surface area contributed by atoms with Gasteiger partial charge in [0, 0.05) is 17.3 Å². The van der Waals surface area contributed by atoms with Crippen LogP contribution in [0.3, 0.4) is 0 Å². The van der Waals surface area contributed by atoms with Crippen LogP contribution in [0.15, 0.2) is 12.1 Å². The second-order valence-electron chi connectivity index (χ2n) is 6.76. The molecule has 7 nitrogen and oxygen atoms in total. The molecule has 0 bridgehead atoms. The van der Waals surface area contributed by atoms with Gasteiger partial charge in [0.05, 0.1) is 11.3 Å². The monoisotopic (exact) mass is 394 g/mol. The first-order chi connectivity index (χ1) is 12.8. The number of carbonyl (C=O) groups is 4. The van der Waals surface area contributed by atoms with Crippen LogP contribution in [0.1, 0.15) is 66.4 Å². The van der Waals surface area contributed by atoms with Crippen LogP contribution in [0, 0.1) is 6.92 Å². The number of rotatable bonds is 7. The molecule has 148 valence electrons. The summed E-state index contributed by atoms with van der Waals surface area (Å²) in [6, 6.07) is 3.09. The number of hydrogen-bond donors (Lipinski definition) is 2. The summed E-state index contributed by atoms with van der Waals surface area (Å²) in [5.74, 6) is -1.46. The van der Waals surface area contributed by atoms with Crippen molar-refractivity contribution in [2.24, 2.45) is 0 Å². The van der Waals surface area contributed by atoms with Gasteiger partial charge in [-0.15, -0.1) is 11.3 Å². The highest BCUT2D eigenvalue weighted by molar-refractivity contribution is 7.14. The van der Waals surface area contributed by atoms with Crippen molar-refractivity contribution in [1.29, 1.82) is 0 Å². The number of imide groups is 1. The van der Waals surface area contributed by atoms with E-state index in [0.29, 0.717) is 4.88 Å². The van der Waals surface area contributed by atoms with Crippen molar-refractivity contribution in [2.45, 2.75) is 70.9 Å². The van der Waals surface area contributed by atoms with Crippen LogP contribution in [0.5, 0.6) is 0 Å². The molecule has 0 aromatic carbocycles. The van der Waals surface area contributed by atoms with Crippen LogP contribution < -0.4 is 10.6 Å². The van der Waals surface area contributed by atoms with Gasteiger partial charge in [-0.3, -0.25) is 19.7 Å². The van der Waals surface area contributed by atoms with E-state index in [1.165, 1.54) is 24.7 Å². The maximum absolute atomic E-state index is 12.0. The lowest BCUT2D eigenvalue weighted by molar-refractivity contribution is -0.154. The normalized spacial score (nSPS) is 15.6. The molecule has 27 heavy (non-hydrogen) atoms. The third-order valence-electron chi connectivity index (χ3n) is 4.43. The molecule has 0 aliphatic heterocycles. The quantitative estimate of drug-likeness (QED) is 0.546. The van der Waals surface area contributed by atoms with E-state index >= 15 is 0 Å².